The molecule has 3 aromatic rings. The maximum Gasteiger partial charge on any atom is 0.224 e. The van der Waals surface area contributed by atoms with Gasteiger partial charge in [-0.15, -0.1) is 47.5 Å². The van der Waals surface area contributed by atoms with Crippen LogP contribution in [0.3, 0.4) is 0 Å². The number of thiophene rings is 1. The molecule has 0 fully saturated rings. The number of nitrogens with zero attached hydrogens (tertiary/aromatic N) is 3. The van der Waals surface area contributed by atoms with Crippen molar-refractivity contribution >= 4 is 75.1 Å². The Kier molecular flexibility index (Phi) is 8.31. The summed E-state index contributed by atoms with van der Waals surface area (Å²) in [6.45, 7) is 6.68. The number of nitrogens with two attached hydrogens (primary N) is 1. The normalized spacial score (nSPS) is 11.7. The van der Waals surface area contributed by atoms with Crippen LogP contribution in [0.15, 0.2) is 5.38 Å². The quantitative estimate of drug-likeness (QED) is 0.559. The fraction of sp³-hybridized carbons (Fsp3) is 0.400. The van der Waals surface area contributed by atoms with E-state index in [-0.39, 0.29) is 36.1 Å². The lowest BCUT2D eigenvalue weighted by molar-refractivity contribution is 0.744. The topological polar surface area (TPSA) is 76.7 Å². The van der Waals surface area contributed by atoms with Crippen LogP contribution in [0.25, 0.3) is 10.2 Å². The summed E-state index contributed by atoms with van der Waals surface area (Å²) < 4.78 is 1.02. The van der Waals surface area contributed by atoms with E-state index in [1.807, 2.05) is 19.2 Å². The summed E-state index contributed by atoms with van der Waals surface area (Å²) in [5.41, 5.74) is 9.02. The zero-order valence-electron chi connectivity index (χ0n) is 14.0. The van der Waals surface area contributed by atoms with Gasteiger partial charge in [-0.25, -0.2) is 9.97 Å². The molecule has 0 aliphatic rings. The fourth-order valence-electron chi connectivity index (χ4n) is 2.36. The number of fused-ring (bicyclic) bond motifs is 1. The molecule has 1 atom stereocenters. The standard InChI is InChI=1S/C15H18ClN5S2.2ClH/c1-7(17)4-10-9(3)12-13(23-10)14(21-15(16)20-12)18-5-11-19-8(2)6-22-11;;/h6-7H,4-5,17H2,1-3H3,(H,18,20,21);2*1H/t7-;;/m0../s1. The second kappa shape index (κ2) is 9.30. The molecular formula is C15H20Cl3N5S2. The van der Waals surface area contributed by atoms with E-state index >= 15 is 0 Å². The van der Waals surface area contributed by atoms with Crippen LogP contribution in [-0.4, -0.2) is 21.0 Å². The van der Waals surface area contributed by atoms with E-state index in [0.29, 0.717) is 6.54 Å². The number of rotatable bonds is 5. The Labute approximate surface area is 172 Å². The van der Waals surface area contributed by atoms with E-state index in [0.717, 1.165) is 38.7 Å². The number of hydrogen-bond acceptors (Lipinski definition) is 7. The average molecular weight is 441 g/mol. The molecule has 0 aliphatic carbocycles. The van der Waals surface area contributed by atoms with Crippen LogP contribution in [0.2, 0.25) is 5.28 Å². The smallest absolute Gasteiger partial charge is 0.224 e. The van der Waals surface area contributed by atoms with Crippen molar-refractivity contribution in [1.29, 1.82) is 0 Å². The Morgan fingerprint density at radius 2 is 1.96 bits per heavy atom. The molecule has 138 valence electrons. The Morgan fingerprint density at radius 3 is 2.56 bits per heavy atom. The van der Waals surface area contributed by atoms with E-state index in [1.54, 1.807) is 22.7 Å². The van der Waals surface area contributed by atoms with Crippen molar-refractivity contribution in [3.05, 3.63) is 31.8 Å². The molecule has 0 amide bonds. The van der Waals surface area contributed by atoms with Crippen LogP contribution in [0.5, 0.6) is 0 Å². The van der Waals surface area contributed by atoms with Crippen LogP contribution in [0.1, 0.15) is 28.1 Å². The van der Waals surface area contributed by atoms with Crippen LogP contribution < -0.4 is 11.1 Å². The minimum atomic E-state index is 0. The minimum absolute atomic E-state index is 0. The van der Waals surface area contributed by atoms with E-state index in [4.69, 9.17) is 17.3 Å². The molecule has 3 N–H and O–H groups in total. The van der Waals surface area contributed by atoms with Crippen LogP contribution in [0, 0.1) is 13.8 Å². The molecule has 0 aromatic carbocycles. The van der Waals surface area contributed by atoms with Crippen LogP contribution in [-0.2, 0) is 13.0 Å². The van der Waals surface area contributed by atoms with E-state index in [2.05, 4.69) is 27.2 Å². The predicted octanol–water partition coefficient (Wildman–Crippen LogP) is 4.76. The van der Waals surface area contributed by atoms with Gasteiger partial charge in [0.25, 0.3) is 0 Å². The molecule has 25 heavy (non-hydrogen) atoms. The Hall–Kier alpha value is -0.700. The highest BCUT2D eigenvalue weighted by molar-refractivity contribution is 7.19. The summed E-state index contributed by atoms with van der Waals surface area (Å²) in [5.74, 6) is 0.761. The lowest BCUT2D eigenvalue weighted by atomic mass is 10.1. The lowest BCUT2D eigenvalue weighted by Gasteiger charge is -2.05. The van der Waals surface area contributed by atoms with Crippen molar-refractivity contribution in [1.82, 2.24) is 15.0 Å². The zero-order chi connectivity index (χ0) is 16.6. The van der Waals surface area contributed by atoms with Crippen LogP contribution in [0.4, 0.5) is 5.82 Å². The Morgan fingerprint density at radius 1 is 1.24 bits per heavy atom. The molecule has 5 nitrogen and oxygen atoms in total. The van der Waals surface area contributed by atoms with Gasteiger partial charge in [-0.3, -0.25) is 0 Å². The van der Waals surface area contributed by atoms with E-state index < -0.39 is 0 Å². The third-order valence-electron chi connectivity index (χ3n) is 3.42. The molecule has 0 radical (unpaired) electrons. The Balaban J connectivity index is 0.00000156. The highest BCUT2D eigenvalue weighted by Crippen LogP contribution is 2.35. The third-order valence-corrected chi connectivity index (χ3v) is 5.86. The number of aryl methyl sites for hydroxylation is 2. The first-order valence-electron chi connectivity index (χ1n) is 7.30. The molecule has 3 rings (SSSR count). The molecule has 10 heteroatoms. The van der Waals surface area contributed by atoms with Gasteiger partial charge in [0.1, 0.15) is 10.8 Å². The summed E-state index contributed by atoms with van der Waals surface area (Å²) in [7, 11) is 0. The van der Waals surface area contributed by atoms with E-state index in [9.17, 15) is 0 Å². The van der Waals surface area contributed by atoms with Crippen molar-refractivity contribution in [2.45, 2.75) is 39.8 Å². The molecule has 3 heterocycles. The summed E-state index contributed by atoms with van der Waals surface area (Å²) in [6, 6.07) is 0.111. The van der Waals surface area contributed by atoms with Gasteiger partial charge in [0.05, 0.1) is 16.8 Å². The van der Waals surface area contributed by atoms with Gasteiger partial charge in [-0.1, -0.05) is 0 Å². The number of anilines is 1. The van der Waals surface area contributed by atoms with E-state index in [1.165, 1.54) is 4.88 Å². The van der Waals surface area contributed by atoms with Gasteiger partial charge < -0.3 is 11.1 Å². The number of aromatic nitrogens is 3. The molecule has 0 bridgehead atoms. The van der Waals surface area contributed by atoms with Crippen LogP contribution >= 0.6 is 59.1 Å². The molecule has 0 unspecified atom stereocenters. The lowest BCUT2D eigenvalue weighted by Crippen LogP contribution is -2.17. The molecular weight excluding hydrogens is 421 g/mol. The molecule has 0 spiro atoms. The number of thiazole rings is 1. The molecule has 0 saturated heterocycles. The summed E-state index contributed by atoms with van der Waals surface area (Å²) in [5, 5.41) is 6.66. The first-order chi connectivity index (χ1) is 10.9. The monoisotopic (exact) mass is 439 g/mol. The van der Waals surface area contributed by atoms with Gasteiger partial charge in [0, 0.05) is 22.0 Å². The van der Waals surface area contributed by atoms with Crippen molar-refractivity contribution in [2.75, 3.05) is 5.32 Å². The van der Waals surface area contributed by atoms with Gasteiger partial charge in [-0.2, -0.15) is 4.98 Å². The second-order valence-electron chi connectivity index (χ2n) is 5.59. The first-order valence-corrected chi connectivity index (χ1v) is 9.37. The third kappa shape index (κ3) is 5.15. The molecule has 0 aliphatic heterocycles. The summed E-state index contributed by atoms with van der Waals surface area (Å²) in [6.07, 6.45) is 0.829. The van der Waals surface area contributed by atoms with Gasteiger partial charge >= 0.3 is 0 Å². The Bertz CT molecular complexity index is 847. The van der Waals surface area contributed by atoms with Crippen molar-refractivity contribution in [2.24, 2.45) is 5.73 Å². The maximum absolute atomic E-state index is 6.10. The van der Waals surface area contributed by atoms with Gasteiger partial charge in [0.2, 0.25) is 5.28 Å². The maximum atomic E-state index is 6.10. The van der Waals surface area contributed by atoms with Crippen molar-refractivity contribution in [3.8, 4) is 0 Å². The first kappa shape index (κ1) is 22.3. The minimum Gasteiger partial charge on any atom is -0.362 e. The average Bonchev–Trinajstić information content (AvgIpc) is 3.02. The highest BCUT2D eigenvalue weighted by Gasteiger charge is 2.16. The fourth-order valence-corrected chi connectivity index (χ4v) is 4.59. The highest BCUT2D eigenvalue weighted by atomic mass is 35.5. The summed E-state index contributed by atoms with van der Waals surface area (Å²) in [4.78, 5) is 14.4. The second-order valence-corrected chi connectivity index (χ2v) is 7.97. The predicted molar refractivity (Wildman–Crippen MR) is 113 cm³/mol. The number of hydrogen-bond donors (Lipinski definition) is 2. The SMILES string of the molecule is Cc1csc(CNc2nc(Cl)nc3c(C)c(C[C@H](C)N)sc23)n1.Cl.Cl. The van der Waals surface area contributed by atoms with Gasteiger partial charge in [-0.05, 0) is 44.4 Å². The molecule has 0 saturated carbocycles. The van der Waals surface area contributed by atoms with Crippen molar-refractivity contribution in [3.63, 3.8) is 0 Å². The largest absolute Gasteiger partial charge is 0.362 e. The number of halogens is 3. The molecule has 3 aromatic heterocycles. The number of nitrogens with one attached hydrogen (secondary N) is 1. The van der Waals surface area contributed by atoms with Gasteiger partial charge in [0.15, 0.2) is 0 Å². The summed E-state index contributed by atoms with van der Waals surface area (Å²) >= 11 is 9.42. The zero-order valence-corrected chi connectivity index (χ0v) is 18.0. The van der Waals surface area contributed by atoms with Crippen molar-refractivity contribution < 1.29 is 0 Å².